The van der Waals surface area contributed by atoms with Gasteiger partial charge in [0.05, 0.1) is 17.7 Å². The molecule has 0 saturated heterocycles. The second kappa shape index (κ2) is 6.48. The molecule has 3 rings (SSSR count). The first kappa shape index (κ1) is 16.3. The third-order valence-corrected chi connectivity index (χ3v) is 3.78. The average Bonchev–Trinajstić information content (AvgIpc) is 2.63. The number of nitro groups is 1. The number of fused-ring (bicyclic) bond motifs is 1. The van der Waals surface area contributed by atoms with Crippen LogP contribution in [0.1, 0.15) is 10.4 Å². The fourth-order valence-electron chi connectivity index (χ4n) is 2.55. The van der Waals surface area contributed by atoms with Gasteiger partial charge >= 0.3 is 5.69 Å². The molecular formula is C18H14N2O5. The molecule has 0 aliphatic carbocycles. The highest BCUT2D eigenvalue weighted by Gasteiger charge is 2.19. The van der Waals surface area contributed by atoms with Crippen molar-refractivity contribution in [3.63, 3.8) is 0 Å². The van der Waals surface area contributed by atoms with Crippen LogP contribution < -0.4 is 10.1 Å². The van der Waals surface area contributed by atoms with E-state index in [0.717, 1.165) is 11.5 Å². The van der Waals surface area contributed by atoms with Gasteiger partial charge in [-0.15, -0.1) is 0 Å². The zero-order chi connectivity index (χ0) is 18.0. The van der Waals surface area contributed by atoms with Crippen molar-refractivity contribution in [1.29, 1.82) is 0 Å². The van der Waals surface area contributed by atoms with Crippen LogP contribution in [0, 0.1) is 10.1 Å². The zero-order valence-corrected chi connectivity index (χ0v) is 13.2. The summed E-state index contributed by atoms with van der Waals surface area (Å²) in [7, 11) is 1.32. The minimum Gasteiger partial charge on any atom is -0.506 e. The molecule has 25 heavy (non-hydrogen) atoms. The number of carbonyl (C=O) groups is 1. The first-order valence-electron chi connectivity index (χ1n) is 7.35. The number of benzene rings is 3. The van der Waals surface area contributed by atoms with E-state index in [2.05, 4.69) is 5.32 Å². The van der Waals surface area contributed by atoms with Gasteiger partial charge in [0.15, 0.2) is 5.75 Å². The molecule has 2 N–H and O–H groups in total. The van der Waals surface area contributed by atoms with Crippen LogP contribution in [-0.2, 0) is 0 Å². The lowest BCUT2D eigenvalue weighted by atomic mass is 10.1. The standard InChI is InChI=1S/C18H14N2O5/c1-25-16-9-7-12(10-14(16)20(23)24)18(22)19-17-13-5-3-2-4-11(13)6-8-15(17)21/h2-10,21H,1H3,(H,19,22). The molecule has 0 bridgehead atoms. The highest BCUT2D eigenvalue weighted by Crippen LogP contribution is 2.33. The van der Waals surface area contributed by atoms with Gasteiger partial charge in [-0.05, 0) is 23.6 Å². The van der Waals surface area contributed by atoms with E-state index in [1.807, 2.05) is 12.1 Å². The maximum Gasteiger partial charge on any atom is 0.311 e. The summed E-state index contributed by atoms with van der Waals surface area (Å²) >= 11 is 0. The average molecular weight is 338 g/mol. The van der Waals surface area contributed by atoms with Crippen molar-refractivity contribution in [2.45, 2.75) is 0 Å². The van der Waals surface area contributed by atoms with Crippen LogP contribution in [0.15, 0.2) is 54.6 Å². The highest BCUT2D eigenvalue weighted by atomic mass is 16.6. The first-order valence-corrected chi connectivity index (χ1v) is 7.35. The Balaban J connectivity index is 2.00. The molecular weight excluding hydrogens is 324 g/mol. The monoisotopic (exact) mass is 338 g/mol. The number of nitrogens with one attached hydrogen (secondary N) is 1. The number of phenolic OH excluding ortho intramolecular Hbond substituents is 1. The molecule has 1 amide bonds. The number of carbonyl (C=O) groups excluding carboxylic acids is 1. The van der Waals surface area contributed by atoms with Crippen molar-refractivity contribution in [2.75, 3.05) is 12.4 Å². The van der Waals surface area contributed by atoms with Crippen LogP contribution in [-0.4, -0.2) is 23.0 Å². The van der Waals surface area contributed by atoms with E-state index in [1.165, 1.54) is 25.3 Å². The van der Waals surface area contributed by atoms with E-state index >= 15 is 0 Å². The maximum atomic E-state index is 12.5. The summed E-state index contributed by atoms with van der Waals surface area (Å²) in [5.41, 5.74) is 0.0266. The molecule has 3 aromatic carbocycles. The Morgan fingerprint density at radius 2 is 1.92 bits per heavy atom. The molecule has 0 aliphatic rings. The number of anilines is 1. The Kier molecular flexibility index (Phi) is 4.21. The van der Waals surface area contributed by atoms with Crippen molar-refractivity contribution in [3.8, 4) is 11.5 Å². The van der Waals surface area contributed by atoms with Gasteiger partial charge in [-0.1, -0.05) is 30.3 Å². The van der Waals surface area contributed by atoms with Crippen LogP contribution in [0.3, 0.4) is 0 Å². The largest absolute Gasteiger partial charge is 0.506 e. The van der Waals surface area contributed by atoms with Gasteiger partial charge in [0.1, 0.15) is 5.75 Å². The fourth-order valence-corrected chi connectivity index (χ4v) is 2.55. The molecule has 0 aliphatic heterocycles. The maximum absolute atomic E-state index is 12.5. The van der Waals surface area contributed by atoms with E-state index in [4.69, 9.17) is 4.74 Å². The number of nitrogens with zero attached hydrogens (tertiary/aromatic N) is 1. The molecule has 0 unspecified atom stereocenters. The van der Waals surface area contributed by atoms with Crippen LogP contribution in [0.4, 0.5) is 11.4 Å². The van der Waals surface area contributed by atoms with Gasteiger partial charge in [0.25, 0.3) is 5.91 Å². The summed E-state index contributed by atoms with van der Waals surface area (Å²) in [5, 5.41) is 25.3. The van der Waals surface area contributed by atoms with E-state index in [1.54, 1.807) is 18.2 Å². The van der Waals surface area contributed by atoms with Gasteiger partial charge in [-0.2, -0.15) is 0 Å². The molecule has 3 aromatic rings. The van der Waals surface area contributed by atoms with Gasteiger partial charge in [-0.3, -0.25) is 14.9 Å². The van der Waals surface area contributed by atoms with Crippen molar-refractivity contribution >= 4 is 28.1 Å². The van der Waals surface area contributed by atoms with E-state index < -0.39 is 10.8 Å². The minimum atomic E-state index is -0.620. The first-order chi connectivity index (χ1) is 12.0. The number of aromatic hydroxyl groups is 1. The Bertz CT molecular complexity index is 984. The number of ether oxygens (including phenoxy) is 1. The lowest BCUT2D eigenvalue weighted by molar-refractivity contribution is -0.385. The molecule has 0 heterocycles. The smallest absolute Gasteiger partial charge is 0.311 e. The second-order valence-electron chi connectivity index (χ2n) is 5.28. The van der Waals surface area contributed by atoms with Gasteiger partial charge in [0.2, 0.25) is 0 Å². The summed E-state index contributed by atoms with van der Waals surface area (Å²) in [5.74, 6) is -0.595. The number of hydrogen-bond donors (Lipinski definition) is 2. The molecule has 7 heteroatoms. The number of rotatable bonds is 4. The summed E-state index contributed by atoms with van der Waals surface area (Å²) < 4.78 is 4.92. The van der Waals surface area contributed by atoms with Crippen LogP contribution in [0.25, 0.3) is 10.8 Å². The highest BCUT2D eigenvalue weighted by molar-refractivity contribution is 6.11. The predicted octanol–water partition coefficient (Wildman–Crippen LogP) is 3.71. The third-order valence-electron chi connectivity index (χ3n) is 3.78. The summed E-state index contributed by atoms with van der Waals surface area (Å²) in [6.07, 6.45) is 0. The molecule has 0 spiro atoms. The Labute approximate surface area is 142 Å². The van der Waals surface area contributed by atoms with E-state index in [-0.39, 0.29) is 28.4 Å². The SMILES string of the molecule is COc1ccc(C(=O)Nc2c(O)ccc3ccccc23)cc1[N+](=O)[O-]. The molecule has 7 nitrogen and oxygen atoms in total. The Morgan fingerprint density at radius 1 is 1.16 bits per heavy atom. The number of methoxy groups -OCH3 is 1. The third kappa shape index (κ3) is 3.07. The normalized spacial score (nSPS) is 10.4. The van der Waals surface area contributed by atoms with Crippen molar-refractivity contribution in [2.24, 2.45) is 0 Å². The molecule has 0 fully saturated rings. The van der Waals surface area contributed by atoms with Gasteiger partial charge in [0, 0.05) is 17.0 Å². The van der Waals surface area contributed by atoms with Gasteiger partial charge < -0.3 is 15.2 Å². The molecule has 0 atom stereocenters. The van der Waals surface area contributed by atoms with Crippen LogP contribution in [0.5, 0.6) is 11.5 Å². The summed E-state index contributed by atoms with van der Waals surface area (Å²) in [6.45, 7) is 0. The van der Waals surface area contributed by atoms with Crippen LogP contribution in [0.2, 0.25) is 0 Å². The Morgan fingerprint density at radius 3 is 2.64 bits per heavy atom. The van der Waals surface area contributed by atoms with Crippen molar-refractivity contribution in [3.05, 3.63) is 70.3 Å². The van der Waals surface area contributed by atoms with Gasteiger partial charge in [-0.25, -0.2) is 0 Å². The number of amides is 1. The quantitative estimate of drug-likeness (QED) is 0.429. The molecule has 0 radical (unpaired) electrons. The lowest BCUT2D eigenvalue weighted by Gasteiger charge is -2.11. The topological polar surface area (TPSA) is 102 Å². The number of phenols is 1. The molecule has 0 saturated carbocycles. The van der Waals surface area contributed by atoms with Crippen LogP contribution >= 0.6 is 0 Å². The minimum absolute atomic E-state index is 0.0644. The summed E-state index contributed by atoms with van der Waals surface area (Å²) in [4.78, 5) is 23.0. The molecule has 126 valence electrons. The van der Waals surface area contributed by atoms with E-state index in [9.17, 15) is 20.0 Å². The predicted molar refractivity (Wildman–Crippen MR) is 93.2 cm³/mol. The zero-order valence-electron chi connectivity index (χ0n) is 13.2. The Hall–Kier alpha value is -3.61. The summed E-state index contributed by atoms with van der Waals surface area (Å²) in [6, 6.07) is 14.4. The lowest BCUT2D eigenvalue weighted by Crippen LogP contribution is -2.13. The second-order valence-corrected chi connectivity index (χ2v) is 5.28. The number of hydrogen-bond acceptors (Lipinski definition) is 5. The van der Waals surface area contributed by atoms with Crippen molar-refractivity contribution in [1.82, 2.24) is 0 Å². The van der Waals surface area contributed by atoms with Crippen molar-refractivity contribution < 1.29 is 19.6 Å². The molecule has 0 aromatic heterocycles. The van der Waals surface area contributed by atoms with E-state index in [0.29, 0.717) is 5.39 Å². The fraction of sp³-hybridized carbons (Fsp3) is 0.0556. The number of nitro benzene ring substituents is 1.